The van der Waals surface area contributed by atoms with Crippen LogP contribution in [0.2, 0.25) is 0 Å². The van der Waals surface area contributed by atoms with Crippen LogP contribution in [0.25, 0.3) is 0 Å². The molecule has 1 N–H and O–H groups in total. The van der Waals surface area contributed by atoms with Crippen molar-refractivity contribution in [2.45, 2.75) is 10.3 Å². The normalized spacial score (nSPS) is 17.0. The van der Waals surface area contributed by atoms with E-state index in [0.29, 0.717) is 0 Å². The number of benzene rings is 1. The van der Waals surface area contributed by atoms with Gasteiger partial charge in [-0.2, -0.15) is 0 Å². The van der Waals surface area contributed by atoms with Gasteiger partial charge < -0.3 is 5.32 Å². The molecule has 0 saturated carbocycles. The van der Waals surface area contributed by atoms with Crippen LogP contribution >= 0.6 is 11.8 Å². The van der Waals surface area contributed by atoms with Crippen LogP contribution in [-0.2, 0) is 0 Å². The van der Waals surface area contributed by atoms with Crippen molar-refractivity contribution >= 4 is 23.1 Å². The Morgan fingerprint density at radius 3 is 3.00 bits per heavy atom. The van der Waals surface area contributed by atoms with Crippen LogP contribution in [0.4, 0.5) is 11.4 Å². The van der Waals surface area contributed by atoms with E-state index in [9.17, 15) is 10.1 Å². The average Bonchev–Trinajstić information content (AvgIpc) is 2.82. The quantitative estimate of drug-likeness (QED) is 0.662. The number of rotatable bonds is 2. The third-order valence-corrected chi connectivity index (χ3v) is 3.93. The molecule has 2 aromatic rings. The maximum Gasteiger partial charge on any atom is 0.271 e. The molecule has 1 aromatic carbocycles. The van der Waals surface area contributed by atoms with Crippen molar-refractivity contribution in [2.75, 3.05) is 5.32 Å². The number of nitrogens with zero attached hydrogens (tertiary/aromatic N) is 2. The van der Waals surface area contributed by atoms with Crippen molar-refractivity contribution in [3.05, 3.63) is 58.4 Å². The summed E-state index contributed by atoms with van der Waals surface area (Å²) in [6.07, 6.45) is 3.52. The molecule has 0 aliphatic carbocycles. The zero-order valence-corrected chi connectivity index (χ0v) is 10.1. The molecular weight excluding hydrogens is 250 g/mol. The average molecular weight is 259 g/mol. The summed E-state index contributed by atoms with van der Waals surface area (Å²) in [5.41, 5.74) is 1.97. The van der Waals surface area contributed by atoms with E-state index in [4.69, 9.17) is 0 Å². The minimum absolute atomic E-state index is 0.0655. The van der Waals surface area contributed by atoms with Gasteiger partial charge in [-0.25, -0.2) is 0 Å². The summed E-state index contributed by atoms with van der Waals surface area (Å²) < 4.78 is 0. The lowest BCUT2D eigenvalue weighted by atomic mass is 10.2. The highest BCUT2D eigenvalue weighted by molar-refractivity contribution is 8.00. The number of fused-ring (bicyclic) bond motifs is 1. The van der Waals surface area contributed by atoms with Crippen LogP contribution in [0.15, 0.2) is 47.6 Å². The van der Waals surface area contributed by atoms with Crippen molar-refractivity contribution in [2.24, 2.45) is 0 Å². The van der Waals surface area contributed by atoms with Gasteiger partial charge in [-0.05, 0) is 12.1 Å². The second-order valence-corrected chi connectivity index (χ2v) is 5.01. The number of non-ortho nitro benzene ring substituents is 1. The van der Waals surface area contributed by atoms with Crippen molar-refractivity contribution in [3.8, 4) is 0 Å². The lowest BCUT2D eigenvalue weighted by molar-refractivity contribution is -0.384. The van der Waals surface area contributed by atoms with Gasteiger partial charge in [0.05, 0.1) is 10.6 Å². The number of aromatic nitrogens is 1. The maximum atomic E-state index is 10.7. The van der Waals surface area contributed by atoms with E-state index in [0.717, 1.165) is 16.1 Å². The van der Waals surface area contributed by atoms with Crippen molar-refractivity contribution in [3.63, 3.8) is 0 Å². The predicted octanol–water partition coefficient (Wildman–Crippen LogP) is 3.21. The Morgan fingerprint density at radius 1 is 1.39 bits per heavy atom. The molecule has 0 saturated heterocycles. The molecule has 2 heterocycles. The third-order valence-electron chi connectivity index (χ3n) is 2.69. The summed E-state index contributed by atoms with van der Waals surface area (Å²) in [4.78, 5) is 15.4. The van der Waals surface area contributed by atoms with E-state index in [1.54, 1.807) is 36.3 Å². The van der Waals surface area contributed by atoms with Crippen LogP contribution < -0.4 is 5.32 Å². The first kappa shape index (κ1) is 11.0. The Morgan fingerprint density at radius 2 is 2.28 bits per heavy atom. The molecule has 0 amide bonds. The number of hydrogen-bond acceptors (Lipinski definition) is 5. The van der Waals surface area contributed by atoms with Crippen LogP contribution in [0, 0.1) is 10.1 Å². The second kappa shape index (κ2) is 4.30. The lowest BCUT2D eigenvalue weighted by Crippen LogP contribution is -2.01. The Hall–Kier alpha value is -2.08. The van der Waals surface area contributed by atoms with Gasteiger partial charge in [0.15, 0.2) is 0 Å². The summed E-state index contributed by atoms with van der Waals surface area (Å²) in [5, 5.41) is 14.0. The molecule has 5 nitrogen and oxygen atoms in total. The standard InChI is InChI=1S/C12H9N3O2S/c16-15(17)9-3-4-11-10(6-9)14-12(18-11)8-2-1-5-13-7-8/h1-7,12,14H. The SMILES string of the molecule is O=[N+]([O-])c1ccc2c(c1)NC(c1cccnc1)S2. The van der Waals surface area contributed by atoms with E-state index in [1.165, 1.54) is 6.07 Å². The smallest absolute Gasteiger partial charge is 0.271 e. The van der Waals surface area contributed by atoms with Crippen molar-refractivity contribution < 1.29 is 4.92 Å². The summed E-state index contributed by atoms with van der Waals surface area (Å²) in [6, 6.07) is 8.74. The number of nitro groups is 1. The molecule has 6 heteroatoms. The zero-order valence-electron chi connectivity index (χ0n) is 9.24. The zero-order chi connectivity index (χ0) is 12.5. The second-order valence-electron chi connectivity index (χ2n) is 3.87. The topological polar surface area (TPSA) is 68.1 Å². The van der Waals surface area contributed by atoms with Gasteiger partial charge in [0.25, 0.3) is 5.69 Å². The monoisotopic (exact) mass is 259 g/mol. The summed E-state index contributed by atoms with van der Waals surface area (Å²) in [6.45, 7) is 0. The van der Waals surface area contributed by atoms with Gasteiger partial charge >= 0.3 is 0 Å². The van der Waals surface area contributed by atoms with Crippen LogP contribution in [-0.4, -0.2) is 9.91 Å². The molecular formula is C12H9N3O2S. The van der Waals surface area contributed by atoms with E-state index >= 15 is 0 Å². The van der Waals surface area contributed by atoms with Gasteiger partial charge in [-0.15, -0.1) is 0 Å². The van der Waals surface area contributed by atoms with Gasteiger partial charge in [-0.1, -0.05) is 17.8 Å². The minimum Gasteiger partial charge on any atom is -0.368 e. The molecule has 90 valence electrons. The lowest BCUT2D eigenvalue weighted by Gasteiger charge is -2.09. The summed E-state index contributed by atoms with van der Waals surface area (Å²) >= 11 is 1.64. The van der Waals surface area contributed by atoms with Gasteiger partial charge in [0.1, 0.15) is 5.37 Å². The molecule has 0 spiro atoms. The summed E-state index contributed by atoms with van der Waals surface area (Å²) in [7, 11) is 0. The fraction of sp³-hybridized carbons (Fsp3) is 0.0833. The van der Waals surface area contributed by atoms with Crippen molar-refractivity contribution in [1.82, 2.24) is 4.98 Å². The predicted molar refractivity (Wildman–Crippen MR) is 69.6 cm³/mol. The first-order chi connectivity index (χ1) is 8.74. The molecule has 1 aromatic heterocycles. The van der Waals surface area contributed by atoms with E-state index < -0.39 is 0 Å². The fourth-order valence-corrected chi connectivity index (χ4v) is 2.93. The molecule has 3 rings (SSSR count). The van der Waals surface area contributed by atoms with Crippen molar-refractivity contribution in [1.29, 1.82) is 0 Å². The van der Waals surface area contributed by atoms with Gasteiger partial charge in [0, 0.05) is 35.0 Å². The van der Waals surface area contributed by atoms with E-state index in [-0.39, 0.29) is 16.0 Å². The largest absolute Gasteiger partial charge is 0.368 e. The molecule has 0 fully saturated rings. The Bertz CT molecular complexity index is 604. The number of hydrogen-bond donors (Lipinski definition) is 1. The van der Waals surface area contributed by atoms with Crippen LogP contribution in [0.5, 0.6) is 0 Å². The highest BCUT2D eigenvalue weighted by Crippen LogP contribution is 2.47. The third kappa shape index (κ3) is 1.91. The van der Waals surface area contributed by atoms with E-state index in [1.807, 2.05) is 12.1 Å². The number of nitrogens with one attached hydrogen (secondary N) is 1. The molecule has 1 unspecified atom stereocenters. The number of anilines is 1. The fourth-order valence-electron chi connectivity index (χ4n) is 1.83. The minimum atomic E-state index is -0.385. The number of nitro benzene ring substituents is 1. The number of pyridine rings is 1. The molecule has 1 aliphatic heterocycles. The summed E-state index contributed by atoms with van der Waals surface area (Å²) in [5.74, 6) is 0. The Kier molecular flexibility index (Phi) is 2.64. The Balaban J connectivity index is 1.90. The number of thioether (sulfide) groups is 1. The van der Waals surface area contributed by atoms with Crippen LogP contribution in [0.1, 0.15) is 10.9 Å². The Labute approximate surface area is 107 Å². The first-order valence-corrected chi connectivity index (χ1v) is 6.23. The van der Waals surface area contributed by atoms with Gasteiger partial charge in [-0.3, -0.25) is 15.1 Å². The molecule has 18 heavy (non-hydrogen) atoms. The molecule has 0 radical (unpaired) electrons. The maximum absolute atomic E-state index is 10.7. The molecule has 0 bridgehead atoms. The highest BCUT2D eigenvalue weighted by atomic mass is 32.2. The highest BCUT2D eigenvalue weighted by Gasteiger charge is 2.24. The molecule has 1 atom stereocenters. The van der Waals surface area contributed by atoms with Gasteiger partial charge in [0.2, 0.25) is 0 Å². The van der Waals surface area contributed by atoms with Crippen LogP contribution in [0.3, 0.4) is 0 Å². The first-order valence-electron chi connectivity index (χ1n) is 5.35. The van der Waals surface area contributed by atoms with E-state index in [2.05, 4.69) is 10.3 Å². The molecule has 1 aliphatic rings.